The van der Waals surface area contributed by atoms with Gasteiger partial charge < -0.3 is 46.8 Å². The topological polar surface area (TPSA) is 156 Å². The molecular formula is C6H24ClN6Pt-. The second-order valence-electron chi connectivity index (χ2n) is 1.73. The Morgan fingerprint density at radius 3 is 0.500 bits per heavy atom. The van der Waals surface area contributed by atoms with E-state index < -0.39 is 0 Å². The second kappa shape index (κ2) is 49.1. The molecule has 96 valence electrons. The third-order valence-corrected chi connectivity index (χ3v) is 0.500. The van der Waals surface area contributed by atoms with Crippen LogP contribution in [-0.2, 0) is 21.1 Å². The van der Waals surface area contributed by atoms with Crippen LogP contribution in [0.2, 0.25) is 0 Å². The van der Waals surface area contributed by atoms with E-state index in [4.69, 9.17) is 34.4 Å². The minimum Gasteiger partial charge on any atom is -1.00 e. The van der Waals surface area contributed by atoms with E-state index >= 15 is 0 Å². The van der Waals surface area contributed by atoms with E-state index in [1.54, 1.807) is 0 Å². The van der Waals surface area contributed by atoms with E-state index in [1.165, 1.54) is 0 Å². The summed E-state index contributed by atoms with van der Waals surface area (Å²) < 4.78 is 0. The minimum atomic E-state index is 0. The first kappa shape index (κ1) is 29.3. The molecule has 0 spiro atoms. The van der Waals surface area contributed by atoms with E-state index in [0.29, 0.717) is 39.3 Å². The maximum atomic E-state index is 4.90. The van der Waals surface area contributed by atoms with E-state index in [0.717, 1.165) is 0 Å². The molecule has 0 aromatic rings. The fourth-order valence-corrected chi connectivity index (χ4v) is 0. The first-order valence-corrected chi connectivity index (χ1v) is 3.95. The normalized spacial score (nSPS) is 6.43. The molecule has 0 heterocycles. The van der Waals surface area contributed by atoms with Crippen molar-refractivity contribution >= 4 is 0 Å². The Hall–Kier alpha value is 0.738. The van der Waals surface area contributed by atoms with Gasteiger partial charge in [-0.3, -0.25) is 0 Å². The fraction of sp³-hybridized carbons (Fsp3) is 1.00. The monoisotopic (exact) mass is 410 g/mol. The van der Waals surface area contributed by atoms with Crippen molar-refractivity contribution in [2.75, 3.05) is 39.3 Å². The molecule has 0 aliphatic heterocycles. The Balaban J connectivity index is -0.0000000270. The Morgan fingerprint density at radius 1 is 0.429 bits per heavy atom. The van der Waals surface area contributed by atoms with Gasteiger partial charge in [0.1, 0.15) is 0 Å². The quantitative estimate of drug-likeness (QED) is 0.272. The van der Waals surface area contributed by atoms with Crippen molar-refractivity contribution in [2.45, 2.75) is 0 Å². The summed E-state index contributed by atoms with van der Waals surface area (Å²) in [6.07, 6.45) is 0. The number of halogens is 1. The molecule has 14 heavy (non-hydrogen) atoms. The zero-order chi connectivity index (χ0) is 10.2. The molecule has 12 N–H and O–H groups in total. The molecule has 0 aliphatic carbocycles. The summed E-state index contributed by atoms with van der Waals surface area (Å²) in [5, 5.41) is 0. The molecular weight excluding hydrogens is 387 g/mol. The van der Waals surface area contributed by atoms with E-state index in [1.807, 2.05) is 0 Å². The Labute approximate surface area is 107 Å². The predicted molar refractivity (Wildman–Crippen MR) is 54.3 cm³/mol. The van der Waals surface area contributed by atoms with Crippen LogP contribution < -0.4 is 46.8 Å². The van der Waals surface area contributed by atoms with Crippen molar-refractivity contribution in [2.24, 2.45) is 34.4 Å². The van der Waals surface area contributed by atoms with Crippen LogP contribution >= 0.6 is 0 Å². The largest absolute Gasteiger partial charge is 1.00 e. The molecule has 0 atom stereocenters. The summed E-state index contributed by atoms with van der Waals surface area (Å²) in [6.45, 7) is 3.58. The maximum Gasteiger partial charge on any atom is 0.00461 e. The maximum absolute atomic E-state index is 4.90. The zero-order valence-electron chi connectivity index (χ0n) is 8.40. The van der Waals surface area contributed by atoms with Gasteiger partial charge in [-0.15, -0.1) is 0 Å². The van der Waals surface area contributed by atoms with Crippen LogP contribution in [0, 0.1) is 0 Å². The second-order valence-corrected chi connectivity index (χ2v) is 1.73. The van der Waals surface area contributed by atoms with Crippen LogP contribution in [0.5, 0.6) is 0 Å². The van der Waals surface area contributed by atoms with Gasteiger partial charge in [0.2, 0.25) is 0 Å². The van der Waals surface area contributed by atoms with Crippen LogP contribution in [0.25, 0.3) is 0 Å². The molecule has 0 rings (SSSR count). The van der Waals surface area contributed by atoms with Crippen molar-refractivity contribution in [3.8, 4) is 0 Å². The number of hydrogen-bond acceptors (Lipinski definition) is 6. The van der Waals surface area contributed by atoms with Gasteiger partial charge in [0, 0.05) is 60.3 Å². The molecule has 0 bridgehead atoms. The molecule has 0 fully saturated rings. The average Bonchev–Trinajstić information content (AvgIpc) is 2.18. The molecule has 0 unspecified atom stereocenters. The SMILES string of the molecule is NCCN.NCCN.NCCN.[Cl-].[Pt]. The van der Waals surface area contributed by atoms with E-state index in [-0.39, 0.29) is 33.5 Å². The first-order chi connectivity index (χ1) is 5.74. The van der Waals surface area contributed by atoms with Crippen molar-refractivity contribution in [3.05, 3.63) is 0 Å². The van der Waals surface area contributed by atoms with Crippen LogP contribution in [0.4, 0.5) is 0 Å². The van der Waals surface area contributed by atoms with Crippen molar-refractivity contribution in [3.63, 3.8) is 0 Å². The third-order valence-electron chi connectivity index (χ3n) is 0.500. The van der Waals surface area contributed by atoms with Crippen LogP contribution in [0.3, 0.4) is 0 Å². The summed E-state index contributed by atoms with van der Waals surface area (Å²) in [4.78, 5) is 0. The average molecular weight is 411 g/mol. The molecule has 0 saturated carbocycles. The summed E-state index contributed by atoms with van der Waals surface area (Å²) in [5.74, 6) is 0. The summed E-state index contributed by atoms with van der Waals surface area (Å²) in [5.41, 5.74) is 29.4. The third kappa shape index (κ3) is 126. The van der Waals surface area contributed by atoms with Gasteiger partial charge in [0.25, 0.3) is 0 Å². The minimum absolute atomic E-state index is 0. The molecule has 0 aromatic heterocycles. The van der Waals surface area contributed by atoms with Crippen LogP contribution in [0.1, 0.15) is 0 Å². The van der Waals surface area contributed by atoms with Gasteiger partial charge in [-0.2, -0.15) is 0 Å². The number of nitrogens with two attached hydrogens (primary N) is 6. The van der Waals surface area contributed by atoms with Gasteiger partial charge in [-0.05, 0) is 0 Å². The molecule has 0 amide bonds. The number of hydrogen-bond donors (Lipinski definition) is 6. The summed E-state index contributed by atoms with van der Waals surface area (Å²) >= 11 is 0. The smallest absolute Gasteiger partial charge is 0.00461 e. The van der Waals surface area contributed by atoms with E-state index in [2.05, 4.69) is 0 Å². The fourth-order valence-electron chi connectivity index (χ4n) is 0. The van der Waals surface area contributed by atoms with E-state index in [9.17, 15) is 0 Å². The Kier molecular flexibility index (Phi) is 103. The predicted octanol–water partition coefficient (Wildman–Crippen LogP) is -6.29. The molecule has 0 aromatic carbocycles. The van der Waals surface area contributed by atoms with Crippen LogP contribution in [-0.4, -0.2) is 39.3 Å². The van der Waals surface area contributed by atoms with Gasteiger partial charge in [0.15, 0.2) is 0 Å². The molecule has 0 radical (unpaired) electrons. The molecule has 0 aliphatic rings. The Morgan fingerprint density at radius 2 is 0.500 bits per heavy atom. The standard InChI is InChI=1S/3C2H8N2.ClH.Pt/c3*3-1-2-4;;/h3*1-4H2;1H;/p-1. The van der Waals surface area contributed by atoms with Gasteiger partial charge >= 0.3 is 0 Å². The Bertz CT molecular complexity index is 37.8. The summed E-state index contributed by atoms with van der Waals surface area (Å²) in [7, 11) is 0. The number of rotatable bonds is 3. The molecule has 8 heteroatoms. The van der Waals surface area contributed by atoms with Gasteiger partial charge in [-0.25, -0.2) is 0 Å². The van der Waals surface area contributed by atoms with Crippen molar-refractivity contribution in [1.82, 2.24) is 0 Å². The van der Waals surface area contributed by atoms with Crippen molar-refractivity contribution < 1.29 is 33.5 Å². The van der Waals surface area contributed by atoms with Gasteiger partial charge in [0.05, 0.1) is 0 Å². The zero-order valence-corrected chi connectivity index (χ0v) is 11.4. The molecule has 0 saturated heterocycles. The summed E-state index contributed by atoms with van der Waals surface area (Å²) in [6, 6.07) is 0. The van der Waals surface area contributed by atoms with Crippen LogP contribution in [0.15, 0.2) is 0 Å². The molecule has 6 nitrogen and oxygen atoms in total. The van der Waals surface area contributed by atoms with Crippen molar-refractivity contribution in [1.29, 1.82) is 0 Å². The van der Waals surface area contributed by atoms with Gasteiger partial charge in [-0.1, -0.05) is 0 Å². The first-order valence-electron chi connectivity index (χ1n) is 3.95.